The average Bonchev–Trinajstić information content (AvgIpc) is 3.08. The Balaban J connectivity index is 2.27. The van der Waals surface area contributed by atoms with Crippen molar-refractivity contribution in [3.8, 4) is 0 Å². The van der Waals surface area contributed by atoms with E-state index in [4.69, 9.17) is 5.73 Å². The second-order valence-corrected chi connectivity index (χ2v) is 4.28. The van der Waals surface area contributed by atoms with Crippen molar-refractivity contribution in [2.75, 3.05) is 11.9 Å². The van der Waals surface area contributed by atoms with E-state index in [9.17, 15) is 18.0 Å². The van der Waals surface area contributed by atoms with Crippen LogP contribution in [0.25, 0.3) is 0 Å². The molecule has 1 aliphatic carbocycles. The molecular weight excluding hydrogens is 247 g/mol. The maximum absolute atomic E-state index is 12.5. The first-order valence-electron chi connectivity index (χ1n) is 5.50. The predicted octanol–water partition coefficient (Wildman–Crippen LogP) is 2.02. The molecule has 0 saturated heterocycles. The van der Waals surface area contributed by atoms with Gasteiger partial charge in [0.1, 0.15) is 11.5 Å². The summed E-state index contributed by atoms with van der Waals surface area (Å²) in [4.78, 5) is 14.5. The average molecular weight is 259 g/mol. The smallest absolute Gasteiger partial charge is 0.369 e. The molecule has 1 saturated carbocycles. The molecule has 18 heavy (non-hydrogen) atoms. The van der Waals surface area contributed by atoms with E-state index in [1.165, 1.54) is 0 Å². The maximum atomic E-state index is 12.5. The number of pyridine rings is 1. The quantitative estimate of drug-likeness (QED) is 0.869. The zero-order valence-corrected chi connectivity index (χ0v) is 9.42. The van der Waals surface area contributed by atoms with Crippen LogP contribution in [0.4, 0.5) is 19.0 Å². The first-order valence-corrected chi connectivity index (χ1v) is 5.50. The van der Waals surface area contributed by atoms with E-state index in [0.29, 0.717) is 12.5 Å². The van der Waals surface area contributed by atoms with Crippen molar-refractivity contribution in [2.24, 2.45) is 11.7 Å². The summed E-state index contributed by atoms with van der Waals surface area (Å²) >= 11 is 0. The predicted molar refractivity (Wildman–Crippen MR) is 59.0 cm³/mol. The van der Waals surface area contributed by atoms with Gasteiger partial charge in [0.05, 0.1) is 5.56 Å². The summed E-state index contributed by atoms with van der Waals surface area (Å²) < 4.78 is 37.5. The van der Waals surface area contributed by atoms with E-state index >= 15 is 0 Å². The molecule has 4 nitrogen and oxygen atoms in total. The highest BCUT2D eigenvalue weighted by atomic mass is 19.4. The lowest BCUT2D eigenvalue weighted by Crippen LogP contribution is -2.19. The molecule has 0 aromatic carbocycles. The van der Waals surface area contributed by atoms with E-state index in [1.54, 1.807) is 0 Å². The number of aromatic nitrogens is 1. The number of nitrogens with one attached hydrogen (secondary N) is 1. The van der Waals surface area contributed by atoms with E-state index in [-0.39, 0.29) is 11.4 Å². The molecule has 0 radical (unpaired) electrons. The van der Waals surface area contributed by atoms with E-state index in [1.807, 2.05) is 0 Å². The number of nitrogens with two attached hydrogens (primary N) is 1. The summed E-state index contributed by atoms with van der Waals surface area (Å²) in [5.74, 6) is -0.444. The second-order valence-electron chi connectivity index (χ2n) is 4.28. The van der Waals surface area contributed by atoms with Gasteiger partial charge in [0.2, 0.25) is 0 Å². The fourth-order valence-electron chi connectivity index (χ4n) is 1.51. The molecule has 0 unspecified atom stereocenters. The summed E-state index contributed by atoms with van der Waals surface area (Å²) in [6, 6.07) is 1.80. The number of primary amides is 1. The minimum Gasteiger partial charge on any atom is -0.369 e. The molecule has 0 aliphatic heterocycles. The lowest BCUT2D eigenvalue weighted by molar-refractivity contribution is -0.141. The molecule has 1 fully saturated rings. The van der Waals surface area contributed by atoms with E-state index in [0.717, 1.165) is 25.0 Å². The van der Waals surface area contributed by atoms with Crippen LogP contribution in [0.2, 0.25) is 0 Å². The highest BCUT2D eigenvalue weighted by Gasteiger charge is 2.33. The number of halogens is 3. The number of hydrogen-bond donors (Lipinski definition) is 2. The van der Waals surface area contributed by atoms with Crippen LogP contribution in [-0.2, 0) is 6.18 Å². The topological polar surface area (TPSA) is 68.0 Å². The molecule has 1 aliphatic rings. The van der Waals surface area contributed by atoms with Gasteiger partial charge < -0.3 is 11.1 Å². The Bertz CT molecular complexity index is 469. The van der Waals surface area contributed by atoms with E-state index in [2.05, 4.69) is 10.3 Å². The SMILES string of the molecule is NC(=O)c1ccc(C(F)(F)F)nc1NCC1CC1. The van der Waals surface area contributed by atoms with Gasteiger partial charge >= 0.3 is 6.18 Å². The van der Waals surface area contributed by atoms with Gasteiger partial charge in [0.25, 0.3) is 5.91 Å². The molecule has 1 aromatic heterocycles. The zero-order chi connectivity index (χ0) is 13.3. The molecule has 98 valence electrons. The summed E-state index contributed by atoms with van der Waals surface area (Å²) in [5.41, 5.74) is 4.03. The van der Waals surface area contributed by atoms with Gasteiger partial charge in [-0.15, -0.1) is 0 Å². The van der Waals surface area contributed by atoms with Crippen LogP contribution in [0.15, 0.2) is 12.1 Å². The third kappa shape index (κ3) is 2.91. The van der Waals surface area contributed by atoms with Gasteiger partial charge in [-0.2, -0.15) is 13.2 Å². The van der Waals surface area contributed by atoms with Crippen molar-refractivity contribution in [2.45, 2.75) is 19.0 Å². The van der Waals surface area contributed by atoms with Crippen molar-refractivity contribution in [1.29, 1.82) is 0 Å². The number of carbonyl (C=O) groups is 1. The number of alkyl halides is 3. The van der Waals surface area contributed by atoms with Gasteiger partial charge in [-0.1, -0.05) is 0 Å². The normalized spacial score (nSPS) is 15.5. The van der Waals surface area contributed by atoms with Crippen LogP contribution in [0.5, 0.6) is 0 Å². The number of carbonyl (C=O) groups excluding carboxylic acids is 1. The summed E-state index contributed by atoms with van der Waals surface area (Å²) in [5, 5.41) is 2.76. The minimum absolute atomic E-state index is 0.0244. The first kappa shape index (κ1) is 12.7. The van der Waals surface area contributed by atoms with Crippen molar-refractivity contribution in [3.63, 3.8) is 0 Å². The van der Waals surface area contributed by atoms with Crippen molar-refractivity contribution < 1.29 is 18.0 Å². The maximum Gasteiger partial charge on any atom is 0.433 e. The third-order valence-corrected chi connectivity index (χ3v) is 2.71. The Kier molecular flexibility index (Phi) is 3.14. The largest absolute Gasteiger partial charge is 0.433 e. The number of anilines is 1. The van der Waals surface area contributed by atoms with Crippen LogP contribution in [0.1, 0.15) is 28.9 Å². The fourth-order valence-corrected chi connectivity index (χ4v) is 1.51. The van der Waals surface area contributed by atoms with Gasteiger partial charge in [0.15, 0.2) is 0 Å². The van der Waals surface area contributed by atoms with Crippen LogP contribution in [0.3, 0.4) is 0 Å². The van der Waals surface area contributed by atoms with E-state index < -0.39 is 17.8 Å². The molecule has 0 bridgehead atoms. The van der Waals surface area contributed by atoms with Gasteiger partial charge in [-0.3, -0.25) is 4.79 Å². The Morgan fingerprint density at radius 1 is 1.44 bits per heavy atom. The number of rotatable bonds is 4. The van der Waals surface area contributed by atoms with Crippen molar-refractivity contribution in [1.82, 2.24) is 4.98 Å². The van der Waals surface area contributed by atoms with Crippen LogP contribution in [0, 0.1) is 5.92 Å². The van der Waals surface area contributed by atoms with Crippen molar-refractivity contribution in [3.05, 3.63) is 23.4 Å². The Morgan fingerprint density at radius 3 is 2.61 bits per heavy atom. The standard InChI is InChI=1S/C11H12F3N3O/c12-11(13,14)8-4-3-7(9(15)18)10(17-8)16-5-6-1-2-6/h3-4,6H,1-2,5H2,(H2,15,18)(H,16,17). The lowest BCUT2D eigenvalue weighted by atomic mass is 10.2. The number of nitrogens with zero attached hydrogens (tertiary/aromatic N) is 1. The minimum atomic E-state index is -4.54. The molecule has 7 heteroatoms. The molecule has 1 amide bonds. The highest BCUT2D eigenvalue weighted by molar-refractivity contribution is 5.97. The molecule has 0 spiro atoms. The fraction of sp³-hybridized carbons (Fsp3) is 0.455. The summed E-state index contributed by atoms with van der Waals surface area (Å²) in [6.07, 6.45) is -2.46. The monoisotopic (exact) mass is 259 g/mol. The van der Waals surface area contributed by atoms with Crippen LogP contribution >= 0.6 is 0 Å². The Hall–Kier alpha value is -1.79. The Labute approximate surface area is 101 Å². The van der Waals surface area contributed by atoms with Crippen molar-refractivity contribution >= 4 is 11.7 Å². The molecular formula is C11H12F3N3O. The van der Waals surface area contributed by atoms with Gasteiger partial charge in [-0.05, 0) is 30.9 Å². The first-order chi connectivity index (χ1) is 8.38. The second kappa shape index (κ2) is 4.47. The Morgan fingerprint density at radius 2 is 2.11 bits per heavy atom. The van der Waals surface area contributed by atoms with Crippen LogP contribution < -0.4 is 11.1 Å². The zero-order valence-electron chi connectivity index (χ0n) is 9.42. The van der Waals surface area contributed by atoms with Gasteiger partial charge in [-0.25, -0.2) is 4.98 Å². The van der Waals surface area contributed by atoms with Gasteiger partial charge in [0, 0.05) is 6.54 Å². The highest BCUT2D eigenvalue weighted by Crippen LogP contribution is 2.31. The third-order valence-electron chi connectivity index (χ3n) is 2.71. The number of amides is 1. The molecule has 1 heterocycles. The lowest BCUT2D eigenvalue weighted by Gasteiger charge is -2.12. The van der Waals surface area contributed by atoms with Crippen LogP contribution in [-0.4, -0.2) is 17.4 Å². The summed E-state index contributed by atoms with van der Waals surface area (Å²) in [7, 11) is 0. The summed E-state index contributed by atoms with van der Waals surface area (Å²) in [6.45, 7) is 0.509. The molecule has 2 rings (SSSR count). The molecule has 0 atom stereocenters. The number of hydrogen-bond acceptors (Lipinski definition) is 3. The molecule has 1 aromatic rings. The molecule has 3 N–H and O–H groups in total.